The smallest absolute Gasteiger partial charge is 0.315 e. The molecule has 0 saturated carbocycles. The van der Waals surface area contributed by atoms with Crippen molar-refractivity contribution in [2.75, 3.05) is 11.2 Å². The Bertz CT molecular complexity index is 508. The predicted molar refractivity (Wildman–Crippen MR) is 76.6 cm³/mol. The molecule has 2 aromatic rings. The first-order chi connectivity index (χ1) is 9.19. The van der Waals surface area contributed by atoms with Gasteiger partial charge in [0, 0.05) is 18.8 Å². The number of aryl methyl sites for hydroxylation is 1. The maximum absolute atomic E-state index is 5.61. The second-order valence-corrected chi connectivity index (χ2v) is 5.07. The number of benzene rings is 1. The summed E-state index contributed by atoms with van der Waals surface area (Å²) in [5, 5.41) is 10.9. The van der Waals surface area contributed by atoms with Crippen LogP contribution in [-0.2, 0) is 13.0 Å². The summed E-state index contributed by atoms with van der Waals surface area (Å²) < 4.78 is 5.39. The molecule has 0 fully saturated rings. The Balaban J connectivity index is 1.90. The van der Waals surface area contributed by atoms with E-state index in [9.17, 15) is 0 Å². The van der Waals surface area contributed by atoms with Crippen molar-refractivity contribution < 1.29 is 4.42 Å². The zero-order chi connectivity index (χ0) is 13.7. The highest BCUT2D eigenvalue weighted by atomic mass is 35.5. The first-order valence-electron chi connectivity index (χ1n) is 6.40. The molecule has 4 nitrogen and oxygen atoms in total. The fraction of sp³-hybridized carbons (Fsp3) is 0.429. The molecule has 0 amide bonds. The summed E-state index contributed by atoms with van der Waals surface area (Å²) in [5.74, 6) is 1.60. The molecule has 0 aliphatic rings. The summed E-state index contributed by atoms with van der Waals surface area (Å²) in [4.78, 5) is 0. The fourth-order valence-corrected chi connectivity index (χ4v) is 1.87. The van der Waals surface area contributed by atoms with Gasteiger partial charge in [-0.1, -0.05) is 43.2 Å². The van der Waals surface area contributed by atoms with Gasteiger partial charge in [0.15, 0.2) is 0 Å². The quantitative estimate of drug-likeness (QED) is 0.821. The zero-order valence-electron chi connectivity index (χ0n) is 11.2. The molecular weight excluding hydrogens is 262 g/mol. The Hall–Kier alpha value is -1.55. The highest BCUT2D eigenvalue weighted by molar-refractivity contribution is 6.17. The Morgan fingerprint density at radius 2 is 1.95 bits per heavy atom. The molecule has 102 valence electrons. The lowest BCUT2D eigenvalue weighted by Crippen LogP contribution is -2.00. The fourth-order valence-electron chi connectivity index (χ4n) is 1.70. The highest BCUT2D eigenvalue weighted by Crippen LogP contribution is 2.15. The lowest BCUT2D eigenvalue weighted by molar-refractivity contribution is 0.512. The molecular formula is C14H18ClN3O. The van der Waals surface area contributed by atoms with Gasteiger partial charge in [-0.3, -0.25) is 0 Å². The van der Waals surface area contributed by atoms with E-state index in [1.807, 2.05) is 0 Å². The van der Waals surface area contributed by atoms with Gasteiger partial charge >= 0.3 is 6.01 Å². The van der Waals surface area contributed by atoms with E-state index in [0.29, 0.717) is 36.7 Å². The van der Waals surface area contributed by atoms with Crippen LogP contribution in [0.25, 0.3) is 0 Å². The van der Waals surface area contributed by atoms with Crippen LogP contribution in [-0.4, -0.2) is 16.1 Å². The molecule has 0 bridgehead atoms. The maximum Gasteiger partial charge on any atom is 0.315 e. The van der Waals surface area contributed by atoms with E-state index in [1.165, 1.54) is 11.1 Å². The summed E-state index contributed by atoms with van der Waals surface area (Å²) in [5.41, 5.74) is 2.52. The van der Waals surface area contributed by atoms with E-state index in [-0.39, 0.29) is 0 Å². The summed E-state index contributed by atoms with van der Waals surface area (Å²) in [6.07, 6.45) is 0.597. The second kappa shape index (κ2) is 6.57. The molecule has 2 rings (SSSR count). The monoisotopic (exact) mass is 279 g/mol. The number of alkyl halides is 1. The summed E-state index contributed by atoms with van der Waals surface area (Å²) in [6.45, 7) is 5.04. The number of nitrogens with one attached hydrogen (secondary N) is 1. The summed E-state index contributed by atoms with van der Waals surface area (Å²) in [6, 6.07) is 8.95. The molecule has 5 heteroatoms. The van der Waals surface area contributed by atoms with Crippen LogP contribution in [0.5, 0.6) is 0 Å². The number of rotatable bonds is 6. The van der Waals surface area contributed by atoms with Crippen LogP contribution in [0, 0.1) is 0 Å². The average molecular weight is 280 g/mol. The first-order valence-corrected chi connectivity index (χ1v) is 6.93. The minimum Gasteiger partial charge on any atom is -0.408 e. The maximum atomic E-state index is 5.61. The lowest BCUT2D eigenvalue weighted by Gasteiger charge is -2.06. The molecule has 1 N–H and O–H groups in total. The van der Waals surface area contributed by atoms with E-state index < -0.39 is 0 Å². The molecule has 0 radical (unpaired) electrons. The Morgan fingerprint density at radius 3 is 2.58 bits per heavy atom. The van der Waals surface area contributed by atoms with Crippen LogP contribution in [0.15, 0.2) is 28.7 Å². The van der Waals surface area contributed by atoms with Crippen molar-refractivity contribution in [1.82, 2.24) is 10.2 Å². The molecule has 1 heterocycles. The van der Waals surface area contributed by atoms with Crippen molar-refractivity contribution in [3.05, 3.63) is 41.3 Å². The number of aromatic nitrogens is 2. The third kappa shape index (κ3) is 3.96. The van der Waals surface area contributed by atoms with Crippen molar-refractivity contribution in [1.29, 1.82) is 0 Å². The summed E-state index contributed by atoms with van der Waals surface area (Å²) in [7, 11) is 0. The van der Waals surface area contributed by atoms with Crippen molar-refractivity contribution in [2.24, 2.45) is 0 Å². The topological polar surface area (TPSA) is 51.0 Å². The summed E-state index contributed by atoms with van der Waals surface area (Å²) >= 11 is 5.61. The standard InChI is InChI=1S/C14H18ClN3O/c1-10(2)12-5-3-11(4-6-12)9-16-14-18-17-13(19-14)7-8-15/h3-6,10H,7-9H2,1-2H3,(H,16,18). The number of nitrogens with zero attached hydrogens (tertiary/aromatic N) is 2. The largest absolute Gasteiger partial charge is 0.408 e. The van der Waals surface area contributed by atoms with Crippen LogP contribution >= 0.6 is 11.6 Å². The van der Waals surface area contributed by atoms with E-state index in [1.54, 1.807) is 0 Å². The van der Waals surface area contributed by atoms with Gasteiger partial charge in [0.05, 0.1) is 0 Å². The third-order valence-electron chi connectivity index (χ3n) is 2.87. The van der Waals surface area contributed by atoms with Crippen LogP contribution in [0.2, 0.25) is 0 Å². The van der Waals surface area contributed by atoms with Crippen LogP contribution in [0.4, 0.5) is 6.01 Å². The molecule has 0 aliphatic carbocycles. The van der Waals surface area contributed by atoms with E-state index >= 15 is 0 Å². The number of anilines is 1. The van der Waals surface area contributed by atoms with Gasteiger partial charge in [-0.25, -0.2) is 0 Å². The first kappa shape index (κ1) is 13.9. The molecule has 1 aromatic heterocycles. The van der Waals surface area contributed by atoms with E-state index in [0.717, 1.165) is 0 Å². The predicted octanol–water partition coefficient (Wildman–Crippen LogP) is 3.59. The Morgan fingerprint density at radius 1 is 1.21 bits per heavy atom. The molecule has 0 atom stereocenters. The number of halogens is 1. The van der Waals surface area contributed by atoms with Gasteiger partial charge in [-0.05, 0) is 17.0 Å². The van der Waals surface area contributed by atoms with E-state index in [2.05, 4.69) is 53.6 Å². The van der Waals surface area contributed by atoms with Gasteiger partial charge in [-0.2, -0.15) is 0 Å². The van der Waals surface area contributed by atoms with E-state index in [4.69, 9.17) is 16.0 Å². The van der Waals surface area contributed by atoms with Crippen molar-refractivity contribution >= 4 is 17.6 Å². The molecule has 0 unspecified atom stereocenters. The molecule has 1 aromatic carbocycles. The Labute approximate surface area is 118 Å². The van der Waals surface area contributed by atoms with Gasteiger partial charge in [0.2, 0.25) is 5.89 Å². The SMILES string of the molecule is CC(C)c1ccc(CNc2nnc(CCCl)o2)cc1. The van der Waals surface area contributed by atoms with Gasteiger partial charge < -0.3 is 9.73 Å². The van der Waals surface area contributed by atoms with Gasteiger partial charge in [0.25, 0.3) is 0 Å². The minimum atomic E-state index is 0.438. The van der Waals surface area contributed by atoms with Crippen molar-refractivity contribution in [3.63, 3.8) is 0 Å². The Kier molecular flexibility index (Phi) is 4.80. The molecule has 0 saturated heterocycles. The second-order valence-electron chi connectivity index (χ2n) is 4.69. The van der Waals surface area contributed by atoms with Gasteiger partial charge in [0.1, 0.15) is 0 Å². The molecule has 19 heavy (non-hydrogen) atoms. The van der Waals surface area contributed by atoms with Crippen LogP contribution in [0.1, 0.15) is 36.8 Å². The number of hydrogen-bond acceptors (Lipinski definition) is 4. The lowest BCUT2D eigenvalue weighted by atomic mass is 10.0. The van der Waals surface area contributed by atoms with Crippen molar-refractivity contribution in [3.8, 4) is 0 Å². The minimum absolute atomic E-state index is 0.438. The third-order valence-corrected chi connectivity index (χ3v) is 3.05. The van der Waals surface area contributed by atoms with Gasteiger partial charge in [-0.15, -0.1) is 16.7 Å². The molecule has 0 spiro atoms. The zero-order valence-corrected chi connectivity index (χ0v) is 11.9. The highest BCUT2D eigenvalue weighted by Gasteiger charge is 2.05. The average Bonchev–Trinajstić information content (AvgIpc) is 2.85. The van der Waals surface area contributed by atoms with Crippen LogP contribution in [0.3, 0.4) is 0 Å². The molecule has 0 aliphatic heterocycles. The number of hydrogen-bond donors (Lipinski definition) is 1. The normalized spacial score (nSPS) is 10.9. The van der Waals surface area contributed by atoms with Crippen molar-refractivity contribution in [2.45, 2.75) is 32.7 Å². The van der Waals surface area contributed by atoms with Crippen LogP contribution < -0.4 is 5.32 Å².